The number of aromatic nitrogens is 1. The lowest BCUT2D eigenvalue weighted by molar-refractivity contribution is 0.318. The molecule has 0 unspecified atom stereocenters. The monoisotopic (exact) mass is 352 g/mol. The van der Waals surface area contributed by atoms with E-state index in [4.69, 9.17) is 9.05 Å². The Bertz CT molecular complexity index is 757. The molecule has 0 fully saturated rings. The first kappa shape index (κ1) is 16.9. The van der Waals surface area contributed by atoms with Crippen molar-refractivity contribution in [3.05, 3.63) is 90.8 Å². The second-order valence-electron chi connectivity index (χ2n) is 5.06. The predicted octanol–water partition coefficient (Wildman–Crippen LogP) is 4.73. The number of rotatable bonds is 7. The van der Waals surface area contributed by atoms with Crippen molar-refractivity contribution in [1.82, 2.24) is 4.98 Å². The minimum Gasteiger partial charge on any atom is -0.438 e. The highest BCUT2D eigenvalue weighted by atomic mass is 31.2. The fraction of sp³-hybridized carbons (Fsp3) is 0.0526. The van der Waals surface area contributed by atoms with Crippen LogP contribution < -0.4 is 9.05 Å². The van der Waals surface area contributed by atoms with Crippen molar-refractivity contribution in [3.8, 4) is 11.5 Å². The highest BCUT2D eigenvalue weighted by Crippen LogP contribution is 2.40. The Morgan fingerprint density at radius 2 is 1.40 bits per heavy atom. The summed E-state index contributed by atoms with van der Waals surface area (Å²) < 4.78 is 12.0. The van der Waals surface area contributed by atoms with Gasteiger partial charge < -0.3 is 14.3 Å². The Hall–Kier alpha value is -2.91. The van der Waals surface area contributed by atoms with E-state index in [9.17, 15) is 5.21 Å². The Morgan fingerprint density at radius 3 is 1.88 bits per heavy atom. The lowest BCUT2D eigenvalue weighted by Crippen LogP contribution is -2.12. The van der Waals surface area contributed by atoms with E-state index in [0.29, 0.717) is 29.1 Å². The maximum atomic E-state index is 9.41. The van der Waals surface area contributed by atoms with Gasteiger partial charge in [0.15, 0.2) is 0 Å². The quantitative estimate of drug-likeness (QED) is 0.289. The zero-order chi connectivity index (χ0) is 17.3. The van der Waals surface area contributed by atoms with Crippen molar-refractivity contribution in [2.75, 3.05) is 6.16 Å². The molecule has 0 spiro atoms. The number of para-hydroxylation sites is 2. The molecule has 0 aliphatic carbocycles. The number of nitrogens with zero attached hydrogens (tertiary/aromatic N) is 2. The molecule has 0 bridgehead atoms. The summed E-state index contributed by atoms with van der Waals surface area (Å²) in [6, 6.07) is 24.3. The third kappa shape index (κ3) is 5.03. The van der Waals surface area contributed by atoms with Crippen LogP contribution in [-0.4, -0.2) is 22.1 Å². The van der Waals surface area contributed by atoms with Gasteiger partial charge in [0.1, 0.15) is 17.2 Å². The number of benzene rings is 2. The highest BCUT2D eigenvalue weighted by molar-refractivity contribution is 7.49. The van der Waals surface area contributed by atoms with Gasteiger partial charge >= 0.3 is 0 Å². The van der Waals surface area contributed by atoms with Crippen LogP contribution in [0.5, 0.6) is 11.5 Å². The van der Waals surface area contributed by atoms with E-state index in [1.54, 1.807) is 12.3 Å². The van der Waals surface area contributed by atoms with E-state index in [1.807, 2.05) is 72.8 Å². The number of oxime groups is 1. The molecular formula is C19H17N2O3P. The lowest BCUT2D eigenvalue weighted by atomic mass is 10.3. The topological polar surface area (TPSA) is 63.9 Å². The largest absolute Gasteiger partial charge is 0.438 e. The smallest absolute Gasteiger partial charge is 0.296 e. The number of hydrogen-bond donors (Lipinski definition) is 1. The Kier molecular flexibility index (Phi) is 5.96. The molecule has 126 valence electrons. The summed E-state index contributed by atoms with van der Waals surface area (Å²) in [5.41, 5.74) is 1.00. The fourth-order valence-electron chi connectivity index (χ4n) is 2.10. The van der Waals surface area contributed by atoms with Gasteiger partial charge in [-0.1, -0.05) is 47.6 Å². The molecule has 3 rings (SSSR count). The lowest BCUT2D eigenvalue weighted by Gasteiger charge is -2.19. The third-order valence-corrected chi connectivity index (χ3v) is 4.65. The minimum absolute atomic E-state index is 0.298. The Morgan fingerprint density at radius 1 is 0.840 bits per heavy atom. The summed E-state index contributed by atoms with van der Waals surface area (Å²) in [4.78, 5) is 4.23. The SMILES string of the molecule is ON=C(CP(Oc1ccccc1)Oc1ccccc1)c1ccccn1. The molecule has 3 aromatic rings. The van der Waals surface area contributed by atoms with E-state index < -0.39 is 8.38 Å². The molecule has 0 radical (unpaired) electrons. The van der Waals surface area contributed by atoms with Gasteiger partial charge in [0, 0.05) is 6.20 Å². The van der Waals surface area contributed by atoms with Gasteiger partial charge in [0.25, 0.3) is 8.38 Å². The zero-order valence-corrected chi connectivity index (χ0v) is 14.3. The second-order valence-corrected chi connectivity index (χ2v) is 6.41. The first-order valence-corrected chi connectivity index (χ1v) is 9.07. The van der Waals surface area contributed by atoms with E-state index >= 15 is 0 Å². The normalized spacial score (nSPS) is 11.3. The van der Waals surface area contributed by atoms with Crippen LogP contribution >= 0.6 is 8.38 Å². The summed E-state index contributed by atoms with van der Waals surface area (Å²) in [5.74, 6) is 1.39. The second kappa shape index (κ2) is 8.81. The molecular weight excluding hydrogens is 335 g/mol. The maximum Gasteiger partial charge on any atom is 0.296 e. The third-order valence-electron chi connectivity index (χ3n) is 3.26. The summed E-state index contributed by atoms with van der Waals surface area (Å²) in [7, 11) is -1.41. The van der Waals surface area contributed by atoms with E-state index in [-0.39, 0.29) is 0 Å². The van der Waals surface area contributed by atoms with Gasteiger partial charge in [-0.05, 0) is 36.4 Å². The van der Waals surface area contributed by atoms with Crippen LogP contribution in [0.15, 0.2) is 90.2 Å². The average Bonchev–Trinajstić information content (AvgIpc) is 2.68. The molecule has 1 aromatic heterocycles. The van der Waals surface area contributed by atoms with Gasteiger partial charge in [-0.3, -0.25) is 4.98 Å². The average molecular weight is 352 g/mol. The Labute approximate surface area is 147 Å². The molecule has 6 heteroatoms. The van der Waals surface area contributed by atoms with Gasteiger partial charge in [-0.15, -0.1) is 0 Å². The molecule has 1 heterocycles. The maximum absolute atomic E-state index is 9.41. The van der Waals surface area contributed by atoms with Crippen molar-refractivity contribution in [2.24, 2.45) is 5.16 Å². The van der Waals surface area contributed by atoms with Crippen LogP contribution in [0, 0.1) is 0 Å². The summed E-state index contributed by atoms with van der Waals surface area (Å²) in [5, 5.41) is 12.8. The van der Waals surface area contributed by atoms with Crippen molar-refractivity contribution in [2.45, 2.75) is 0 Å². The minimum atomic E-state index is -1.41. The van der Waals surface area contributed by atoms with E-state index in [1.165, 1.54) is 0 Å². The molecule has 0 saturated carbocycles. The molecule has 25 heavy (non-hydrogen) atoms. The number of pyridine rings is 1. The summed E-state index contributed by atoms with van der Waals surface area (Å²) in [6.07, 6.45) is 1.95. The van der Waals surface area contributed by atoms with E-state index in [0.717, 1.165) is 0 Å². The van der Waals surface area contributed by atoms with Gasteiger partial charge in [0.2, 0.25) is 0 Å². The highest BCUT2D eigenvalue weighted by Gasteiger charge is 2.20. The van der Waals surface area contributed by atoms with Gasteiger partial charge in [-0.2, -0.15) is 0 Å². The first-order chi connectivity index (χ1) is 12.3. The summed E-state index contributed by atoms with van der Waals surface area (Å²) >= 11 is 0. The van der Waals surface area contributed by atoms with Crippen LogP contribution in [-0.2, 0) is 0 Å². The van der Waals surface area contributed by atoms with E-state index in [2.05, 4.69) is 10.1 Å². The van der Waals surface area contributed by atoms with Crippen molar-refractivity contribution in [1.29, 1.82) is 0 Å². The molecule has 5 nitrogen and oxygen atoms in total. The zero-order valence-electron chi connectivity index (χ0n) is 13.4. The van der Waals surface area contributed by atoms with Crippen LogP contribution in [0.3, 0.4) is 0 Å². The summed E-state index contributed by atoms with van der Waals surface area (Å²) in [6.45, 7) is 0. The van der Waals surface area contributed by atoms with Crippen molar-refractivity contribution in [3.63, 3.8) is 0 Å². The molecule has 0 aliphatic heterocycles. The molecule has 0 amide bonds. The molecule has 2 aromatic carbocycles. The number of hydrogen-bond acceptors (Lipinski definition) is 5. The predicted molar refractivity (Wildman–Crippen MR) is 98.5 cm³/mol. The molecule has 0 saturated heterocycles. The standard InChI is InChI=1S/C19H17N2O3P/c22-21-19(18-13-7-8-14-20-18)15-25(23-16-9-3-1-4-10-16)24-17-11-5-2-6-12-17/h1-14,22H,15H2. The molecule has 0 atom stereocenters. The molecule has 0 aliphatic rings. The Balaban J connectivity index is 1.80. The van der Waals surface area contributed by atoms with Crippen molar-refractivity contribution >= 4 is 14.1 Å². The fourth-order valence-corrected chi connectivity index (χ4v) is 3.45. The first-order valence-electron chi connectivity index (χ1n) is 7.71. The van der Waals surface area contributed by atoms with Crippen molar-refractivity contribution < 1.29 is 14.3 Å². The van der Waals surface area contributed by atoms with Gasteiger partial charge in [-0.25, -0.2) is 0 Å². The van der Waals surface area contributed by atoms with Gasteiger partial charge in [0.05, 0.1) is 11.9 Å². The van der Waals surface area contributed by atoms with Crippen LogP contribution in [0.2, 0.25) is 0 Å². The van der Waals surface area contributed by atoms with Crippen LogP contribution in [0.4, 0.5) is 0 Å². The van der Waals surface area contributed by atoms with Crippen LogP contribution in [0.1, 0.15) is 5.69 Å². The van der Waals surface area contributed by atoms with Crippen LogP contribution in [0.25, 0.3) is 0 Å². The molecule has 1 N–H and O–H groups in total.